The van der Waals surface area contributed by atoms with Gasteiger partial charge in [0.15, 0.2) is 0 Å². The molecule has 0 spiro atoms. The smallest absolute Gasteiger partial charge is 0.237 e. The molecule has 0 bridgehead atoms. The Hall–Kier alpha value is -1.81. The van der Waals surface area contributed by atoms with Crippen LogP contribution < -0.4 is 9.64 Å². The van der Waals surface area contributed by atoms with Crippen LogP contribution >= 0.6 is 11.6 Å². The predicted molar refractivity (Wildman–Crippen MR) is 72.4 cm³/mol. The highest BCUT2D eigenvalue weighted by Crippen LogP contribution is 2.23. The van der Waals surface area contributed by atoms with Crippen LogP contribution in [0.2, 0.25) is 0 Å². The lowest BCUT2D eigenvalue weighted by Gasteiger charge is -2.13. The Morgan fingerprint density at radius 3 is 2.67 bits per heavy atom. The number of nitrogens with zero attached hydrogens (tertiary/aromatic N) is 3. The van der Waals surface area contributed by atoms with Crippen molar-refractivity contribution in [2.24, 2.45) is 0 Å². The number of alkyl halides is 1. The molecule has 94 valence electrons. The first-order chi connectivity index (χ1) is 8.69. The maximum absolute atomic E-state index is 5.65. The van der Waals surface area contributed by atoms with Gasteiger partial charge in [0, 0.05) is 25.8 Å². The Morgan fingerprint density at radius 1 is 1.22 bits per heavy atom. The zero-order valence-electron chi connectivity index (χ0n) is 10.3. The van der Waals surface area contributed by atoms with Crippen molar-refractivity contribution in [3.8, 4) is 11.6 Å². The van der Waals surface area contributed by atoms with Gasteiger partial charge in [-0.25, -0.2) is 4.98 Å². The van der Waals surface area contributed by atoms with Gasteiger partial charge in [0.2, 0.25) is 5.88 Å². The van der Waals surface area contributed by atoms with Crippen LogP contribution in [0.25, 0.3) is 0 Å². The SMILES string of the molecule is CN(C)c1cccc(Oc2cnc(CCl)cn2)c1. The fourth-order valence-electron chi connectivity index (χ4n) is 1.41. The van der Waals surface area contributed by atoms with Crippen molar-refractivity contribution >= 4 is 17.3 Å². The molecule has 0 atom stereocenters. The molecule has 0 radical (unpaired) electrons. The molecule has 0 aliphatic carbocycles. The van der Waals surface area contributed by atoms with Crippen molar-refractivity contribution in [2.75, 3.05) is 19.0 Å². The van der Waals surface area contributed by atoms with E-state index in [1.165, 1.54) is 0 Å². The number of rotatable bonds is 4. The van der Waals surface area contributed by atoms with E-state index in [1.54, 1.807) is 12.4 Å². The molecule has 0 saturated carbocycles. The normalized spacial score (nSPS) is 10.2. The van der Waals surface area contributed by atoms with Crippen LogP contribution in [0, 0.1) is 0 Å². The second kappa shape index (κ2) is 5.69. The second-order valence-corrected chi connectivity index (χ2v) is 4.24. The van der Waals surface area contributed by atoms with Gasteiger partial charge in [0.1, 0.15) is 5.75 Å². The lowest BCUT2D eigenvalue weighted by atomic mass is 10.3. The Kier molecular flexibility index (Phi) is 3.99. The molecule has 1 aromatic heterocycles. The van der Waals surface area contributed by atoms with Gasteiger partial charge in [-0.1, -0.05) is 6.07 Å². The van der Waals surface area contributed by atoms with E-state index < -0.39 is 0 Å². The zero-order valence-corrected chi connectivity index (χ0v) is 11.1. The highest BCUT2D eigenvalue weighted by atomic mass is 35.5. The second-order valence-electron chi connectivity index (χ2n) is 3.97. The van der Waals surface area contributed by atoms with E-state index in [0.717, 1.165) is 17.1 Å². The Balaban J connectivity index is 2.15. The number of benzene rings is 1. The minimum Gasteiger partial charge on any atom is -0.437 e. The van der Waals surface area contributed by atoms with Gasteiger partial charge in [-0.15, -0.1) is 11.6 Å². The third kappa shape index (κ3) is 3.11. The van der Waals surface area contributed by atoms with Crippen LogP contribution in [0.4, 0.5) is 5.69 Å². The fourth-order valence-corrected chi connectivity index (χ4v) is 1.55. The van der Waals surface area contributed by atoms with Crippen molar-refractivity contribution in [3.63, 3.8) is 0 Å². The first-order valence-electron chi connectivity index (χ1n) is 5.51. The Labute approximate surface area is 111 Å². The lowest BCUT2D eigenvalue weighted by molar-refractivity contribution is 0.459. The van der Waals surface area contributed by atoms with E-state index in [1.807, 2.05) is 43.3 Å². The molecule has 0 amide bonds. The summed E-state index contributed by atoms with van der Waals surface area (Å²) in [6.07, 6.45) is 3.18. The van der Waals surface area contributed by atoms with E-state index in [0.29, 0.717) is 11.8 Å². The molecule has 1 aromatic carbocycles. The quantitative estimate of drug-likeness (QED) is 0.795. The predicted octanol–water partition coefficient (Wildman–Crippen LogP) is 3.07. The highest BCUT2D eigenvalue weighted by Gasteiger charge is 2.02. The summed E-state index contributed by atoms with van der Waals surface area (Å²) in [7, 11) is 3.96. The first kappa shape index (κ1) is 12.6. The molecule has 0 fully saturated rings. The number of ether oxygens (including phenoxy) is 1. The van der Waals surface area contributed by atoms with Crippen LogP contribution in [-0.4, -0.2) is 24.1 Å². The standard InChI is InChI=1S/C13H14ClN3O/c1-17(2)11-4-3-5-12(6-11)18-13-9-15-10(7-14)8-16-13/h3-6,8-9H,7H2,1-2H3. The summed E-state index contributed by atoms with van der Waals surface area (Å²) in [5.74, 6) is 1.54. The maximum Gasteiger partial charge on any atom is 0.237 e. The third-order valence-electron chi connectivity index (χ3n) is 2.37. The molecule has 4 nitrogen and oxygen atoms in total. The van der Waals surface area contributed by atoms with Gasteiger partial charge in [0.25, 0.3) is 0 Å². The van der Waals surface area contributed by atoms with Crippen LogP contribution in [0.15, 0.2) is 36.7 Å². The summed E-state index contributed by atoms with van der Waals surface area (Å²) >= 11 is 5.65. The molecule has 2 rings (SSSR count). The maximum atomic E-state index is 5.65. The first-order valence-corrected chi connectivity index (χ1v) is 6.04. The van der Waals surface area contributed by atoms with E-state index >= 15 is 0 Å². The van der Waals surface area contributed by atoms with Gasteiger partial charge in [-0.05, 0) is 12.1 Å². The van der Waals surface area contributed by atoms with Gasteiger partial charge in [-0.2, -0.15) is 0 Å². The van der Waals surface area contributed by atoms with Gasteiger partial charge in [0.05, 0.1) is 24.0 Å². The minimum absolute atomic E-state index is 0.351. The van der Waals surface area contributed by atoms with Gasteiger partial charge >= 0.3 is 0 Å². The number of hydrogen-bond donors (Lipinski definition) is 0. The van der Waals surface area contributed by atoms with Gasteiger partial charge in [-0.3, -0.25) is 4.98 Å². The molecule has 2 aromatic rings. The molecule has 0 saturated heterocycles. The summed E-state index contributed by atoms with van der Waals surface area (Å²) < 4.78 is 5.63. The molecular formula is C13H14ClN3O. The molecule has 18 heavy (non-hydrogen) atoms. The molecule has 0 N–H and O–H groups in total. The Bertz CT molecular complexity index is 514. The number of aromatic nitrogens is 2. The summed E-state index contributed by atoms with van der Waals surface area (Å²) in [5, 5.41) is 0. The largest absolute Gasteiger partial charge is 0.437 e. The van der Waals surface area contributed by atoms with E-state index in [-0.39, 0.29) is 0 Å². The van der Waals surface area contributed by atoms with Crippen molar-refractivity contribution < 1.29 is 4.74 Å². The zero-order chi connectivity index (χ0) is 13.0. The van der Waals surface area contributed by atoms with Crippen molar-refractivity contribution in [2.45, 2.75) is 5.88 Å². The van der Waals surface area contributed by atoms with E-state index in [4.69, 9.17) is 16.3 Å². The molecule has 0 aliphatic rings. The monoisotopic (exact) mass is 263 g/mol. The number of halogens is 1. The number of hydrogen-bond acceptors (Lipinski definition) is 4. The summed E-state index contributed by atoms with van der Waals surface area (Å²) in [4.78, 5) is 10.3. The Morgan fingerprint density at radius 2 is 2.06 bits per heavy atom. The van der Waals surface area contributed by atoms with Crippen LogP contribution in [-0.2, 0) is 5.88 Å². The molecular weight excluding hydrogens is 250 g/mol. The molecule has 5 heteroatoms. The summed E-state index contributed by atoms with van der Waals surface area (Å²) in [6, 6.07) is 7.77. The van der Waals surface area contributed by atoms with Gasteiger partial charge < -0.3 is 9.64 Å². The van der Waals surface area contributed by atoms with Crippen LogP contribution in [0.5, 0.6) is 11.6 Å². The molecule has 1 heterocycles. The van der Waals surface area contributed by atoms with Crippen molar-refractivity contribution in [1.29, 1.82) is 0 Å². The topological polar surface area (TPSA) is 38.2 Å². The average Bonchev–Trinajstić information content (AvgIpc) is 2.40. The van der Waals surface area contributed by atoms with Crippen LogP contribution in [0.3, 0.4) is 0 Å². The van der Waals surface area contributed by atoms with Crippen molar-refractivity contribution in [1.82, 2.24) is 9.97 Å². The van der Waals surface area contributed by atoms with E-state index in [2.05, 4.69) is 9.97 Å². The van der Waals surface area contributed by atoms with E-state index in [9.17, 15) is 0 Å². The van der Waals surface area contributed by atoms with Crippen LogP contribution in [0.1, 0.15) is 5.69 Å². The van der Waals surface area contributed by atoms with Crippen molar-refractivity contribution in [3.05, 3.63) is 42.4 Å². The fraction of sp³-hybridized carbons (Fsp3) is 0.231. The minimum atomic E-state index is 0.351. The third-order valence-corrected chi connectivity index (χ3v) is 2.65. The summed E-state index contributed by atoms with van der Waals surface area (Å²) in [5.41, 5.74) is 1.80. The lowest BCUT2D eigenvalue weighted by Crippen LogP contribution is -2.08. The highest BCUT2D eigenvalue weighted by molar-refractivity contribution is 6.16. The molecule has 0 aliphatic heterocycles. The molecule has 0 unspecified atom stereocenters. The number of anilines is 1. The average molecular weight is 264 g/mol. The summed E-state index contributed by atoms with van der Waals surface area (Å²) in [6.45, 7) is 0.